The zero-order chi connectivity index (χ0) is 13.8. The average Bonchev–Trinajstić information content (AvgIpc) is 2.43. The molecular formula is C13H10Cl2N2O2. The van der Waals surface area contributed by atoms with Crippen LogP contribution in [0, 0.1) is 0 Å². The first-order chi connectivity index (χ1) is 9.08. The second kappa shape index (κ2) is 5.93. The third-order valence-electron chi connectivity index (χ3n) is 2.36. The predicted molar refractivity (Wildman–Crippen MR) is 76.2 cm³/mol. The van der Waals surface area contributed by atoms with Gasteiger partial charge in [0.05, 0.1) is 16.4 Å². The van der Waals surface area contributed by atoms with Crippen molar-refractivity contribution in [3.63, 3.8) is 0 Å². The van der Waals surface area contributed by atoms with Crippen molar-refractivity contribution in [1.29, 1.82) is 0 Å². The smallest absolute Gasteiger partial charge is 0.304 e. The van der Waals surface area contributed by atoms with Crippen molar-refractivity contribution in [3.05, 3.63) is 58.6 Å². The maximum Gasteiger partial charge on any atom is 0.350 e. The summed E-state index contributed by atoms with van der Waals surface area (Å²) in [6, 6.07) is 12.3. The largest absolute Gasteiger partial charge is 0.350 e. The first-order valence-electron chi connectivity index (χ1n) is 5.38. The molecule has 0 aliphatic heterocycles. The van der Waals surface area contributed by atoms with Gasteiger partial charge in [-0.1, -0.05) is 41.4 Å². The number of carbonyl (C=O) groups is 1. The highest BCUT2D eigenvalue weighted by Crippen LogP contribution is 2.26. The number of urea groups is 1. The lowest BCUT2D eigenvalue weighted by molar-refractivity contribution is 0.216. The third kappa shape index (κ3) is 3.38. The molecule has 0 radical (unpaired) electrons. The topological polar surface area (TPSA) is 52.6 Å². The number of nitrogens with one attached hydrogen (secondary N) is 1. The third-order valence-corrected chi connectivity index (χ3v) is 2.93. The summed E-state index contributed by atoms with van der Waals surface area (Å²) in [6.45, 7) is 0. The van der Waals surface area contributed by atoms with E-state index >= 15 is 0 Å². The van der Waals surface area contributed by atoms with Gasteiger partial charge in [0.25, 0.3) is 0 Å². The Bertz CT molecular complexity index is 590. The van der Waals surface area contributed by atoms with Gasteiger partial charge in [-0.3, -0.25) is 5.21 Å². The quantitative estimate of drug-likeness (QED) is 0.636. The fraction of sp³-hybridized carbons (Fsp3) is 0. The number of hydroxylamine groups is 1. The molecule has 0 aromatic heterocycles. The van der Waals surface area contributed by atoms with Crippen LogP contribution in [0.5, 0.6) is 0 Å². The molecule has 19 heavy (non-hydrogen) atoms. The van der Waals surface area contributed by atoms with E-state index in [9.17, 15) is 10.0 Å². The Labute approximate surface area is 120 Å². The van der Waals surface area contributed by atoms with Crippen LogP contribution in [0.15, 0.2) is 48.5 Å². The van der Waals surface area contributed by atoms with E-state index in [-0.39, 0.29) is 0 Å². The van der Waals surface area contributed by atoms with Crippen molar-refractivity contribution >= 4 is 40.6 Å². The van der Waals surface area contributed by atoms with Crippen molar-refractivity contribution < 1.29 is 10.0 Å². The molecule has 6 heteroatoms. The van der Waals surface area contributed by atoms with Gasteiger partial charge >= 0.3 is 6.03 Å². The number of anilines is 2. The number of benzene rings is 2. The van der Waals surface area contributed by atoms with Crippen LogP contribution in [0.3, 0.4) is 0 Å². The summed E-state index contributed by atoms with van der Waals surface area (Å²) in [5.41, 5.74) is 0.673. The Kier molecular flexibility index (Phi) is 4.27. The number of halogens is 2. The van der Waals surface area contributed by atoms with E-state index in [1.54, 1.807) is 42.5 Å². The summed E-state index contributed by atoms with van der Waals surface area (Å²) in [7, 11) is 0. The lowest BCUT2D eigenvalue weighted by Crippen LogP contribution is -2.31. The van der Waals surface area contributed by atoms with Gasteiger partial charge in [-0.25, -0.2) is 4.79 Å². The lowest BCUT2D eigenvalue weighted by Gasteiger charge is -2.16. The minimum Gasteiger partial charge on any atom is -0.304 e. The molecule has 0 fully saturated rings. The number of nitrogens with zero attached hydrogens (tertiary/aromatic N) is 1. The average molecular weight is 297 g/mol. The van der Waals surface area contributed by atoms with Crippen LogP contribution in [0.2, 0.25) is 10.0 Å². The molecule has 0 bridgehead atoms. The van der Waals surface area contributed by atoms with Gasteiger partial charge in [-0.05, 0) is 30.3 Å². The molecule has 0 saturated heterocycles. The molecule has 98 valence electrons. The molecule has 2 amide bonds. The lowest BCUT2D eigenvalue weighted by atomic mass is 10.3. The number of hydrogen-bond acceptors (Lipinski definition) is 2. The van der Waals surface area contributed by atoms with Crippen molar-refractivity contribution in [2.75, 3.05) is 10.4 Å². The Hall–Kier alpha value is -1.75. The van der Waals surface area contributed by atoms with E-state index in [0.29, 0.717) is 26.5 Å². The Morgan fingerprint density at radius 1 is 1.11 bits per heavy atom. The van der Waals surface area contributed by atoms with Crippen molar-refractivity contribution in [3.8, 4) is 0 Å². The maximum atomic E-state index is 11.8. The van der Waals surface area contributed by atoms with Gasteiger partial charge in [0.1, 0.15) is 0 Å². The van der Waals surface area contributed by atoms with E-state index in [4.69, 9.17) is 23.2 Å². The van der Waals surface area contributed by atoms with Crippen LogP contribution in [0.25, 0.3) is 0 Å². The molecule has 0 saturated carbocycles. The van der Waals surface area contributed by atoms with E-state index in [2.05, 4.69) is 5.32 Å². The van der Waals surface area contributed by atoms with Crippen LogP contribution in [0.4, 0.5) is 16.2 Å². The summed E-state index contributed by atoms with van der Waals surface area (Å²) in [4.78, 5) is 11.8. The van der Waals surface area contributed by atoms with E-state index < -0.39 is 6.03 Å². The minimum absolute atomic E-state index is 0.328. The summed E-state index contributed by atoms with van der Waals surface area (Å²) < 4.78 is 0. The Morgan fingerprint density at radius 3 is 2.47 bits per heavy atom. The SMILES string of the molecule is O=C(Nc1cc(Cl)ccc1Cl)N(O)c1ccccc1. The first-order valence-corrected chi connectivity index (χ1v) is 6.13. The van der Waals surface area contributed by atoms with Crippen molar-refractivity contribution in [2.24, 2.45) is 0 Å². The molecule has 0 heterocycles. The summed E-state index contributed by atoms with van der Waals surface area (Å²) >= 11 is 11.7. The molecule has 2 N–H and O–H groups in total. The number of amides is 2. The number of hydrogen-bond donors (Lipinski definition) is 2. The zero-order valence-electron chi connectivity index (χ0n) is 9.68. The highest BCUT2D eigenvalue weighted by molar-refractivity contribution is 6.35. The van der Waals surface area contributed by atoms with Gasteiger partial charge in [0.2, 0.25) is 0 Å². The van der Waals surface area contributed by atoms with E-state index in [0.717, 1.165) is 0 Å². The number of rotatable bonds is 2. The molecule has 0 aliphatic rings. The van der Waals surface area contributed by atoms with Gasteiger partial charge in [0.15, 0.2) is 0 Å². The Morgan fingerprint density at radius 2 is 1.79 bits per heavy atom. The first kappa shape index (κ1) is 13.7. The Balaban J connectivity index is 2.15. The molecule has 2 aromatic carbocycles. The highest BCUT2D eigenvalue weighted by Gasteiger charge is 2.14. The molecule has 0 aliphatic carbocycles. The molecule has 0 atom stereocenters. The molecule has 4 nitrogen and oxygen atoms in total. The number of carbonyl (C=O) groups excluding carboxylic acids is 1. The second-order valence-corrected chi connectivity index (χ2v) is 4.55. The number of para-hydroxylation sites is 1. The van der Waals surface area contributed by atoms with Gasteiger partial charge in [-0.2, -0.15) is 5.06 Å². The van der Waals surface area contributed by atoms with Crippen LogP contribution in [-0.4, -0.2) is 11.2 Å². The summed E-state index contributed by atoms with van der Waals surface area (Å²) in [6.07, 6.45) is 0. The standard InChI is InChI=1S/C13H10Cl2N2O2/c14-9-6-7-11(15)12(8-9)16-13(18)17(19)10-4-2-1-3-5-10/h1-8,19H,(H,16,18). The second-order valence-electron chi connectivity index (χ2n) is 3.70. The van der Waals surface area contributed by atoms with Crippen LogP contribution >= 0.6 is 23.2 Å². The summed E-state index contributed by atoms with van der Waals surface area (Å²) in [5.74, 6) is 0. The molecule has 2 aromatic rings. The van der Waals surface area contributed by atoms with Crippen molar-refractivity contribution in [2.45, 2.75) is 0 Å². The predicted octanol–water partition coefficient (Wildman–Crippen LogP) is 4.42. The monoisotopic (exact) mass is 296 g/mol. The van der Waals surface area contributed by atoms with Crippen molar-refractivity contribution in [1.82, 2.24) is 0 Å². The fourth-order valence-corrected chi connectivity index (χ4v) is 1.78. The van der Waals surface area contributed by atoms with Gasteiger partial charge in [0, 0.05) is 5.02 Å². The summed E-state index contributed by atoms with van der Waals surface area (Å²) in [5, 5.41) is 13.5. The molecule has 0 spiro atoms. The fourth-order valence-electron chi connectivity index (χ4n) is 1.45. The minimum atomic E-state index is -0.727. The highest BCUT2D eigenvalue weighted by atomic mass is 35.5. The van der Waals surface area contributed by atoms with Crippen LogP contribution in [0.1, 0.15) is 0 Å². The normalized spacial score (nSPS) is 10.1. The van der Waals surface area contributed by atoms with E-state index in [1.807, 2.05) is 0 Å². The maximum absolute atomic E-state index is 11.8. The molecule has 2 rings (SSSR count). The van der Waals surface area contributed by atoms with Gasteiger partial charge < -0.3 is 5.32 Å². The van der Waals surface area contributed by atoms with Gasteiger partial charge in [-0.15, -0.1) is 0 Å². The molecular weight excluding hydrogens is 287 g/mol. The van der Waals surface area contributed by atoms with Crippen LogP contribution < -0.4 is 10.4 Å². The van der Waals surface area contributed by atoms with Crippen LogP contribution in [-0.2, 0) is 0 Å². The zero-order valence-corrected chi connectivity index (χ0v) is 11.2. The molecule has 0 unspecified atom stereocenters. The van der Waals surface area contributed by atoms with E-state index in [1.165, 1.54) is 6.07 Å².